The molecule has 2 aromatic heterocycles. The Morgan fingerprint density at radius 3 is 1.62 bits per heavy atom. The number of halogens is 12. The molecule has 14 nitrogen and oxygen atoms in total. The van der Waals surface area contributed by atoms with Crippen molar-refractivity contribution in [2.24, 2.45) is 0 Å². The molecule has 0 radical (unpaired) electrons. The number of aliphatic carboxylic acids is 4. The highest BCUT2D eigenvalue weighted by Crippen LogP contribution is 2.46. The van der Waals surface area contributed by atoms with Crippen LogP contribution in [0.4, 0.5) is 58.4 Å². The molecule has 3 aromatic rings. The van der Waals surface area contributed by atoms with E-state index in [1.54, 1.807) is 0 Å². The predicted molar refractivity (Wildman–Crippen MR) is 168 cm³/mol. The fourth-order valence-electron chi connectivity index (χ4n) is 5.13. The Kier molecular flexibility index (Phi) is 16.1. The standard InChI is InChI=1S/C24H24N4O2.4C2HF3O2/c1-2-9-25-19(4-1)14-28-16-24(23-20(28)5-3-10-26-23)8-11-27(15-24)13-18-6-7-21-22(12-18)30-17-29-21;4*3-2(4,5)1(6)7/h1-7,9-10,12H,8,11,13-17H2;4*(H,6,7). The molecule has 1 unspecified atom stereocenters. The van der Waals surface area contributed by atoms with Gasteiger partial charge in [0, 0.05) is 37.4 Å². The van der Waals surface area contributed by atoms with Crippen LogP contribution in [0.15, 0.2) is 60.9 Å². The Labute approximate surface area is 316 Å². The Morgan fingerprint density at radius 2 is 1.14 bits per heavy atom. The molecule has 320 valence electrons. The SMILES string of the molecule is O=C(O)C(F)(F)F.O=C(O)C(F)(F)F.O=C(O)C(F)(F)F.O=C(O)C(F)(F)F.c1ccc(CN2CC3(CCN(Cc4ccc5c(c4)OCO5)C3)c3ncccc32)nc1. The maximum atomic E-state index is 10.6. The van der Waals surface area contributed by atoms with Gasteiger partial charge < -0.3 is 34.8 Å². The maximum absolute atomic E-state index is 10.6. The number of aromatic nitrogens is 2. The van der Waals surface area contributed by atoms with Crippen LogP contribution in [0.5, 0.6) is 11.5 Å². The summed E-state index contributed by atoms with van der Waals surface area (Å²) in [5, 5.41) is 28.5. The number of likely N-dealkylation sites (tertiary alicyclic amines) is 1. The van der Waals surface area contributed by atoms with Crippen LogP contribution in [0, 0.1) is 0 Å². The van der Waals surface area contributed by atoms with Gasteiger partial charge in [0.25, 0.3) is 0 Å². The number of rotatable bonds is 4. The van der Waals surface area contributed by atoms with Gasteiger partial charge in [0.05, 0.1) is 23.6 Å². The minimum atomic E-state index is -5.08. The zero-order valence-electron chi connectivity index (χ0n) is 28.8. The fourth-order valence-corrected chi connectivity index (χ4v) is 5.13. The Bertz CT molecular complexity index is 1780. The van der Waals surface area contributed by atoms with Crippen LogP contribution in [0.25, 0.3) is 0 Å². The highest BCUT2D eigenvalue weighted by Gasteiger charge is 2.48. The molecular formula is C32H28F12N4O10. The second-order valence-electron chi connectivity index (χ2n) is 11.7. The smallest absolute Gasteiger partial charge is 0.475 e. The van der Waals surface area contributed by atoms with Gasteiger partial charge in [0.2, 0.25) is 6.79 Å². The van der Waals surface area contributed by atoms with Crippen LogP contribution < -0.4 is 14.4 Å². The third kappa shape index (κ3) is 14.8. The first-order valence-electron chi connectivity index (χ1n) is 15.5. The van der Waals surface area contributed by atoms with E-state index in [1.807, 2.05) is 30.6 Å². The van der Waals surface area contributed by atoms with E-state index >= 15 is 0 Å². The molecule has 1 spiro atoms. The molecule has 0 saturated carbocycles. The lowest BCUT2D eigenvalue weighted by Gasteiger charge is -2.26. The first-order valence-corrected chi connectivity index (χ1v) is 15.5. The van der Waals surface area contributed by atoms with Crippen LogP contribution in [0.3, 0.4) is 0 Å². The second kappa shape index (κ2) is 19.4. The molecule has 26 heteroatoms. The summed E-state index contributed by atoms with van der Waals surface area (Å²) in [5.74, 6) is -9.33. The maximum Gasteiger partial charge on any atom is 0.490 e. The number of nitrogens with zero attached hydrogens (tertiary/aromatic N) is 4. The normalized spacial score (nSPS) is 16.9. The van der Waals surface area contributed by atoms with E-state index in [2.05, 4.69) is 45.1 Å². The van der Waals surface area contributed by atoms with Crippen molar-refractivity contribution in [3.63, 3.8) is 0 Å². The number of anilines is 1. The fraction of sp³-hybridized carbons (Fsp3) is 0.375. The number of hydrogen-bond acceptors (Lipinski definition) is 10. The minimum absolute atomic E-state index is 0.0850. The molecule has 6 rings (SSSR count). The van der Waals surface area contributed by atoms with Crippen LogP contribution in [0.1, 0.15) is 23.4 Å². The summed E-state index contributed by atoms with van der Waals surface area (Å²) in [5.41, 5.74) is 4.95. The molecule has 5 heterocycles. The van der Waals surface area contributed by atoms with E-state index in [0.29, 0.717) is 6.79 Å². The zero-order chi connectivity index (χ0) is 44.3. The van der Waals surface area contributed by atoms with Gasteiger partial charge in [-0.2, -0.15) is 52.7 Å². The number of benzene rings is 1. The lowest BCUT2D eigenvalue weighted by Crippen LogP contribution is -2.36. The molecule has 3 aliphatic heterocycles. The topological polar surface area (TPSA) is 200 Å². The Morgan fingerprint density at radius 1 is 0.638 bits per heavy atom. The second-order valence-corrected chi connectivity index (χ2v) is 11.7. The highest BCUT2D eigenvalue weighted by molar-refractivity contribution is 5.74. The average Bonchev–Trinajstić information content (AvgIpc) is 3.82. The van der Waals surface area contributed by atoms with E-state index in [1.165, 1.54) is 16.9 Å². The average molecular weight is 857 g/mol. The number of ether oxygens (including phenoxy) is 2. The summed E-state index contributed by atoms with van der Waals surface area (Å²) >= 11 is 0. The van der Waals surface area contributed by atoms with Gasteiger partial charge in [-0.25, -0.2) is 19.2 Å². The molecule has 58 heavy (non-hydrogen) atoms. The number of carboxylic acid groups (broad SMARTS) is 4. The molecule has 0 amide bonds. The lowest BCUT2D eigenvalue weighted by molar-refractivity contribution is -0.193. The molecule has 3 aliphatic rings. The number of carboxylic acids is 4. The van der Waals surface area contributed by atoms with Gasteiger partial charge in [-0.1, -0.05) is 12.1 Å². The molecule has 1 saturated heterocycles. The quantitative estimate of drug-likeness (QED) is 0.226. The third-order valence-corrected chi connectivity index (χ3v) is 7.45. The van der Waals surface area contributed by atoms with Crippen LogP contribution in [0.2, 0.25) is 0 Å². The van der Waals surface area contributed by atoms with Crippen LogP contribution in [-0.4, -0.2) is 110 Å². The van der Waals surface area contributed by atoms with Gasteiger partial charge >= 0.3 is 48.6 Å². The summed E-state index contributed by atoms with van der Waals surface area (Å²) in [6, 6.07) is 16.7. The lowest BCUT2D eigenvalue weighted by atomic mass is 9.85. The van der Waals surface area contributed by atoms with E-state index in [0.717, 1.165) is 56.3 Å². The monoisotopic (exact) mass is 856 g/mol. The molecule has 1 aromatic carbocycles. The molecule has 1 fully saturated rings. The Hall–Kier alpha value is -6.08. The molecule has 1 atom stereocenters. The van der Waals surface area contributed by atoms with Gasteiger partial charge in [-0.05, 0) is 54.9 Å². The first-order chi connectivity index (χ1) is 26.6. The van der Waals surface area contributed by atoms with Crippen LogP contribution in [-0.2, 0) is 37.7 Å². The summed E-state index contributed by atoms with van der Waals surface area (Å²) in [6.07, 6.45) is -15.4. The van der Waals surface area contributed by atoms with E-state index in [9.17, 15) is 52.7 Å². The van der Waals surface area contributed by atoms with Crippen LogP contribution >= 0.6 is 0 Å². The minimum Gasteiger partial charge on any atom is -0.475 e. The number of pyridine rings is 2. The first kappa shape index (κ1) is 48.1. The van der Waals surface area contributed by atoms with Crippen molar-refractivity contribution >= 4 is 29.6 Å². The van der Waals surface area contributed by atoms with E-state index < -0.39 is 48.6 Å². The van der Waals surface area contributed by atoms with E-state index in [-0.39, 0.29) is 5.41 Å². The number of alkyl halides is 12. The van der Waals surface area contributed by atoms with Crippen molar-refractivity contribution in [3.8, 4) is 11.5 Å². The summed E-state index contributed by atoms with van der Waals surface area (Å²) < 4.78 is 138. The number of fused-ring (bicyclic) bond motifs is 3. The molecular weight excluding hydrogens is 828 g/mol. The number of carbonyl (C=O) groups is 4. The van der Waals surface area contributed by atoms with Gasteiger partial charge in [0.1, 0.15) is 0 Å². The third-order valence-electron chi connectivity index (χ3n) is 7.45. The van der Waals surface area contributed by atoms with Crippen molar-refractivity contribution in [2.75, 3.05) is 31.3 Å². The van der Waals surface area contributed by atoms with Crippen molar-refractivity contribution < 1.29 is 102 Å². The van der Waals surface area contributed by atoms with Gasteiger partial charge in [-0.15, -0.1) is 0 Å². The molecule has 4 N–H and O–H groups in total. The van der Waals surface area contributed by atoms with Crippen molar-refractivity contribution in [2.45, 2.75) is 49.6 Å². The number of hydrogen-bond donors (Lipinski definition) is 4. The van der Waals surface area contributed by atoms with Crippen molar-refractivity contribution in [3.05, 3.63) is 77.9 Å². The van der Waals surface area contributed by atoms with Gasteiger partial charge in [0.15, 0.2) is 11.5 Å². The predicted octanol–water partition coefficient (Wildman–Crippen LogP) is 5.90. The highest BCUT2D eigenvalue weighted by atomic mass is 19.4. The zero-order valence-corrected chi connectivity index (χ0v) is 28.8. The summed E-state index contributed by atoms with van der Waals surface area (Å²) in [7, 11) is 0. The Balaban J connectivity index is 0.000000338. The summed E-state index contributed by atoms with van der Waals surface area (Å²) in [6.45, 7) is 5.14. The largest absolute Gasteiger partial charge is 0.490 e. The molecule has 0 aliphatic carbocycles. The van der Waals surface area contributed by atoms with Crippen molar-refractivity contribution in [1.82, 2.24) is 14.9 Å². The van der Waals surface area contributed by atoms with Gasteiger partial charge in [-0.3, -0.25) is 14.9 Å². The van der Waals surface area contributed by atoms with E-state index in [4.69, 9.17) is 54.1 Å². The van der Waals surface area contributed by atoms with Crippen molar-refractivity contribution in [1.29, 1.82) is 0 Å². The molecule has 0 bridgehead atoms. The summed E-state index contributed by atoms with van der Waals surface area (Å²) in [4.78, 5) is 50.0.